The van der Waals surface area contributed by atoms with Gasteiger partial charge < -0.3 is 10.2 Å². The van der Waals surface area contributed by atoms with E-state index in [4.69, 9.17) is 5.11 Å². The zero-order valence-electron chi connectivity index (χ0n) is 7.43. The third-order valence-corrected chi connectivity index (χ3v) is 4.54. The van der Waals surface area contributed by atoms with E-state index >= 15 is 0 Å². The standard InChI is InChI=1S/C8H13NO3S/c1-8(4-10)6(7(11)12)9-3-2-5(9)13-8/h5-6,10H,2-4H2,1H3,(H,11,12). The molecule has 0 aromatic rings. The molecule has 2 saturated heterocycles. The van der Waals surface area contributed by atoms with Crippen LogP contribution in [0.3, 0.4) is 0 Å². The lowest BCUT2D eigenvalue weighted by Crippen LogP contribution is -2.54. The summed E-state index contributed by atoms with van der Waals surface area (Å²) in [5, 5.41) is 18.6. The maximum Gasteiger partial charge on any atom is 0.322 e. The fourth-order valence-corrected chi connectivity index (χ4v) is 3.71. The summed E-state index contributed by atoms with van der Waals surface area (Å²) in [6.07, 6.45) is 1.05. The molecular weight excluding hydrogens is 190 g/mol. The molecule has 2 heterocycles. The van der Waals surface area contributed by atoms with Gasteiger partial charge in [-0.3, -0.25) is 9.69 Å². The summed E-state index contributed by atoms with van der Waals surface area (Å²) in [6.45, 7) is 2.61. The highest BCUT2D eigenvalue weighted by Gasteiger charge is 2.56. The summed E-state index contributed by atoms with van der Waals surface area (Å²) in [4.78, 5) is 13.0. The molecule has 2 aliphatic heterocycles. The first-order valence-corrected chi connectivity index (χ1v) is 5.24. The van der Waals surface area contributed by atoms with Gasteiger partial charge in [-0.15, -0.1) is 11.8 Å². The van der Waals surface area contributed by atoms with E-state index in [0.29, 0.717) is 5.37 Å². The summed E-state index contributed by atoms with van der Waals surface area (Å²) in [5.41, 5.74) is 0. The number of hydrogen-bond donors (Lipinski definition) is 2. The summed E-state index contributed by atoms with van der Waals surface area (Å²) < 4.78 is -0.521. The van der Waals surface area contributed by atoms with Gasteiger partial charge in [-0.25, -0.2) is 0 Å². The number of thioether (sulfide) groups is 1. The van der Waals surface area contributed by atoms with Gasteiger partial charge in [0.05, 0.1) is 16.7 Å². The van der Waals surface area contributed by atoms with Crippen molar-refractivity contribution in [1.82, 2.24) is 4.90 Å². The van der Waals surface area contributed by atoms with Crippen molar-refractivity contribution in [2.75, 3.05) is 13.2 Å². The molecule has 74 valence electrons. The largest absolute Gasteiger partial charge is 0.480 e. The Morgan fingerprint density at radius 2 is 2.46 bits per heavy atom. The number of aliphatic hydroxyl groups excluding tert-OH is 1. The highest BCUT2D eigenvalue weighted by Crippen LogP contribution is 2.49. The zero-order valence-corrected chi connectivity index (χ0v) is 8.25. The van der Waals surface area contributed by atoms with Crippen molar-refractivity contribution in [1.29, 1.82) is 0 Å². The van der Waals surface area contributed by atoms with Crippen LogP contribution in [0.15, 0.2) is 0 Å². The molecule has 0 amide bonds. The van der Waals surface area contributed by atoms with Gasteiger partial charge in [-0.2, -0.15) is 0 Å². The molecule has 0 aromatic heterocycles. The zero-order chi connectivity index (χ0) is 9.64. The molecule has 3 atom stereocenters. The van der Waals surface area contributed by atoms with Crippen LogP contribution in [0.5, 0.6) is 0 Å². The van der Waals surface area contributed by atoms with E-state index in [0.717, 1.165) is 13.0 Å². The van der Waals surface area contributed by atoms with Gasteiger partial charge in [0.2, 0.25) is 0 Å². The monoisotopic (exact) mass is 203 g/mol. The van der Waals surface area contributed by atoms with Crippen molar-refractivity contribution in [2.45, 2.75) is 29.5 Å². The summed E-state index contributed by atoms with van der Waals surface area (Å²) in [7, 11) is 0. The number of rotatable bonds is 2. The van der Waals surface area contributed by atoms with Gasteiger partial charge in [0.15, 0.2) is 0 Å². The molecule has 2 N–H and O–H groups in total. The maximum atomic E-state index is 11.0. The Bertz CT molecular complexity index is 248. The third-order valence-electron chi connectivity index (χ3n) is 2.87. The lowest BCUT2D eigenvalue weighted by atomic mass is 9.98. The molecule has 0 aromatic carbocycles. The van der Waals surface area contributed by atoms with E-state index in [-0.39, 0.29) is 6.61 Å². The second-order valence-electron chi connectivity index (χ2n) is 3.81. The Morgan fingerprint density at radius 3 is 2.85 bits per heavy atom. The van der Waals surface area contributed by atoms with Crippen LogP contribution < -0.4 is 0 Å². The van der Waals surface area contributed by atoms with Gasteiger partial charge in [0, 0.05) is 6.54 Å². The molecule has 2 rings (SSSR count). The molecule has 2 aliphatic rings. The van der Waals surface area contributed by atoms with Crippen molar-refractivity contribution < 1.29 is 15.0 Å². The van der Waals surface area contributed by atoms with Crippen molar-refractivity contribution >= 4 is 17.7 Å². The van der Waals surface area contributed by atoms with Crippen LogP contribution in [0.25, 0.3) is 0 Å². The van der Waals surface area contributed by atoms with Crippen LogP contribution in [-0.2, 0) is 4.79 Å². The van der Waals surface area contributed by atoms with E-state index in [2.05, 4.69) is 0 Å². The Labute approximate surface area is 80.9 Å². The highest BCUT2D eigenvalue weighted by molar-refractivity contribution is 8.01. The predicted octanol–water partition coefficient (Wildman–Crippen LogP) is -0.0308. The Balaban J connectivity index is 2.24. The smallest absolute Gasteiger partial charge is 0.322 e. The number of aliphatic carboxylic acids is 1. The molecule has 0 saturated carbocycles. The minimum atomic E-state index is -0.814. The second kappa shape index (κ2) is 2.87. The molecule has 0 aliphatic carbocycles. The van der Waals surface area contributed by atoms with Crippen LogP contribution in [0.2, 0.25) is 0 Å². The average Bonchev–Trinajstić information content (AvgIpc) is 2.25. The molecule has 0 spiro atoms. The lowest BCUT2D eigenvalue weighted by molar-refractivity contribution is -0.146. The van der Waals surface area contributed by atoms with Gasteiger partial charge in [-0.05, 0) is 13.3 Å². The molecule has 4 nitrogen and oxygen atoms in total. The van der Waals surface area contributed by atoms with Crippen molar-refractivity contribution in [3.63, 3.8) is 0 Å². The van der Waals surface area contributed by atoms with Gasteiger partial charge in [-0.1, -0.05) is 0 Å². The first-order chi connectivity index (χ1) is 6.08. The second-order valence-corrected chi connectivity index (χ2v) is 5.52. The summed E-state index contributed by atoms with van der Waals surface area (Å²) in [5.74, 6) is -0.814. The number of carboxylic acid groups (broad SMARTS) is 1. The van der Waals surface area contributed by atoms with Gasteiger partial charge >= 0.3 is 5.97 Å². The van der Waals surface area contributed by atoms with Crippen LogP contribution in [0.4, 0.5) is 0 Å². The number of hydrogen-bond acceptors (Lipinski definition) is 4. The molecule has 3 unspecified atom stereocenters. The first kappa shape index (κ1) is 9.30. The van der Waals surface area contributed by atoms with Crippen molar-refractivity contribution in [3.05, 3.63) is 0 Å². The van der Waals surface area contributed by atoms with Crippen molar-refractivity contribution in [3.8, 4) is 0 Å². The normalized spacial score (nSPS) is 44.2. The maximum absolute atomic E-state index is 11.0. The number of carboxylic acids is 1. The first-order valence-electron chi connectivity index (χ1n) is 4.36. The van der Waals surface area contributed by atoms with Gasteiger partial charge in [0.1, 0.15) is 6.04 Å². The Morgan fingerprint density at radius 1 is 1.77 bits per heavy atom. The lowest BCUT2D eigenvalue weighted by Gasteiger charge is -2.36. The number of fused-ring (bicyclic) bond motifs is 1. The Kier molecular flexibility index (Phi) is 2.05. The quantitative estimate of drug-likeness (QED) is 0.660. The van der Waals surface area contributed by atoms with Crippen LogP contribution >= 0.6 is 11.8 Å². The predicted molar refractivity (Wildman–Crippen MR) is 49.6 cm³/mol. The van der Waals surface area contributed by atoms with E-state index in [1.54, 1.807) is 11.8 Å². The van der Waals surface area contributed by atoms with Gasteiger partial charge in [0.25, 0.3) is 0 Å². The van der Waals surface area contributed by atoms with Crippen LogP contribution in [0.1, 0.15) is 13.3 Å². The fourth-order valence-electron chi connectivity index (χ4n) is 2.06. The Hall–Kier alpha value is -0.260. The molecule has 0 bridgehead atoms. The third kappa shape index (κ3) is 1.18. The SMILES string of the molecule is CC1(CO)SC2CCN2C1C(=O)O. The molecule has 2 fully saturated rings. The summed E-state index contributed by atoms with van der Waals surface area (Å²) >= 11 is 1.59. The van der Waals surface area contributed by atoms with E-state index < -0.39 is 16.8 Å². The fraction of sp³-hybridized carbons (Fsp3) is 0.875. The van der Waals surface area contributed by atoms with Crippen LogP contribution in [0, 0.1) is 0 Å². The van der Waals surface area contributed by atoms with Crippen molar-refractivity contribution in [2.24, 2.45) is 0 Å². The average molecular weight is 203 g/mol. The van der Waals surface area contributed by atoms with E-state index in [9.17, 15) is 9.90 Å². The van der Waals surface area contributed by atoms with E-state index in [1.807, 2.05) is 11.8 Å². The van der Waals surface area contributed by atoms with Crippen LogP contribution in [-0.4, -0.2) is 50.4 Å². The molecule has 13 heavy (non-hydrogen) atoms. The summed E-state index contributed by atoms with van der Waals surface area (Å²) in [6, 6.07) is -0.513. The minimum Gasteiger partial charge on any atom is -0.480 e. The molecule has 5 heteroatoms. The topological polar surface area (TPSA) is 60.8 Å². The minimum absolute atomic E-state index is 0.0678. The number of aliphatic hydroxyl groups is 1. The molecule has 0 radical (unpaired) electrons. The number of nitrogens with zero attached hydrogens (tertiary/aromatic N) is 1. The van der Waals surface area contributed by atoms with E-state index in [1.165, 1.54) is 0 Å². The highest BCUT2D eigenvalue weighted by atomic mass is 32.2. The number of carbonyl (C=O) groups is 1. The molecular formula is C8H13NO3S.